The monoisotopic (exact) mass is 233 g/mol. The molecule has 0 unspecified atom stereocenters. The van der Waals surface area contributed by atoms with Gasteiger partial charge >= 0.3 is 0 Å². The van der Waals surface area contributed by atoms with Gasteiger partial charge < -0.3 is 5.32 Å². The Morgan fingerprint density at radius 1 is 1.47 bits per heavy atom. The summed E-state index contributed by atoms with van der Waals surface area (Å²) in [5.41, 5.74) is 0. The Labute approximate surface area is 91.7 Å². The van der Waals surface area contributed by atoms with Crippen LogP contribution in [0.25, 0.3) is 0 Å². The first kappa shape index (κ1) is 14.3. The van der Waals surface area contributed by atoms with Crippen LogP contribution in [0.2, 0.25) is 0 Å². The van der Waals surface area contributed by atoms with E-state index in [2.05, 4.69) is 11.9 Å². The number of rotatable bonds is 8. The summed E-state index contributed by atoms with van der Waals surface area (Å²) in [5.74, 6) is -0.139. The Balaban J connectivity index is 3.86. The van der Waals surface area contributed by atoms with E-state index in [4.69, 9.17) is 0 Å². The van der Waals surface area contributed by atoms with Crippen LogP contribution in [0, 0.1) is 0 Å². The van der Waals surface area contributed by atoms with E-state index in [0.717, 1.165) is 0 Å². The van der Waals surface area contributed by atoms with Crippen molar-refractivity contribution in [3.63, 3.8) is 0 Å². The van der Waals surface area contributed by atoms with Crippen LogP contribution in [0.4, 0.5) is 0 Å². The van der Waals surface area contributed by atoms with Crippen LogP contribution in [0.5, 0.6) is 0 Å². The van der Waals surface area contributed by atoms with Gasteiger partial charge in [0, 0.05) is 13.0 Å². The molecular formula is C10H19NO3S. The molecule has 0 rings (SSSR count). The highest BCUT2D eigenvalue weighted by Gasteiger charge is 2.17. The fourth-order valence-electron chi connectivity index (χ4n) is 0.894. The molecule has 0 aliphatic carbocycles. The summed E-state index contributed by atoms with van der Waals surface area (Å²) in [6.45, 7) is 7.50. The van der Waals surface area contributed by atoms with Gasteiger partial charge in [0.2, 0.25) is 0 Å². The topological polar surface area (TPSA) is 63.2 Å². The zero-order chi connectivity index (χ0) is 11.9. The first-order valence-electron chi connectivity index (χ1n) is 4.95. The normalized spacial score (nSPS) is 11.7. The Bertz CT molecular complexity index is 307. The molecular weight excluding hydrogens is 214 g/mol. The lowest BCUT2D eigenvalue weighted by Gasteiger charge is -2.06. The van der Waals surface area contributed by atoms with E-state index in [9.17, 15) is 13.2 Å². The number of hydrogen-bond acceptors (Lipinski definition) is 4. The van der Waals surface area contributed by atoms with Gasteiger partial charge in [-0.15, -0.1) is 6.58 Å². The number of ketones is 1. The standard InChI is InChI=1S/C10H19NO3S/c1-4-6-11-8-10(12)5-7-15(13,14)9(2)3/h4,9,11H,1,5-8H2,2-3H3. The molecule has 0 spiro atoms. The van der Waals surface area contributed by atoms with Crippen LogP contribution in [0.3, 0.4) is 0 Å². The highest BCUT2D eigenvalue weighted by Crippen LogP contribution is 2.02. The molecule has 1 N–H and O–H groups in total. The summed E-state index contributed by atoms with van der Waals surface area (Å²) in [5, 5.41) is 2.43. The number of carbonyl (C=O) groups excluding carboxylic acids is 1. The van der Waals surface area contributed by atoms with Crippen LogP contribution in [0.1, 0.15) is 20.3 Å². The smallest absolute Gasteiger partial charge is 0.153 e. The number of Topliss-reactive ketones (excluding diaryl/α,β-unsaturated/α-hetero) is 1. The van der Waals surface area contributed by atoms with Gasteiger partial charge in [-0.3, -0.25) is 4.79 Å². The van der Waals surface area contributed by atoms with Gasteiger partial charge in [0.05, 0.1) is 17.5 Å². The van der Waals surface area contributed by atoms with Crippen molar-refractivity contribution in [3.05, 3.63) is 12.7 Å². The van der Waals surface area contributed by atoms with Gasteiger partial charge in [-0.05, 0) is 13.8 Å². The largest absolute Gasteiger partial charge is 0.307 e. The van der Waals surface area contributed by atoms with E-state index in [1.807, 2.05) is 0 Å². The molecule has 0 aromatic heterocycles. The highest BCUT2D eigenvalue weighted by atomic mass is 32.2. The van der Waals surface area contributed by atoms with Gasteiger partial charge in [-0.1, -0.05) is 6.08 Å². The SMILES string of the molecule is C=CCNCC(=O)CCS(=O)(=O)C(C)C. The van der Waals surface area contributed by atoms with Crippen molar-refractivity contribution in [2.75, 3.05) is 18.8 Å². The van der Waals surface area contributed by atoms with E-state index >= 15 is 0 Å². The van der Waals surface area contributed by atoms with Crippen molar-refractivity contribution < 1.29 is 13.2 Å². The van der Waals surface area contributed by atoms with Gasteiger partial charge in [-0.25, -0.2) is 8.42 Å². The molecule has 0 bridgehead atoms. The molecule has 0 aliphatic heterocycles. The van der Waals surface area contributed by atoms with Crippen LogP contribution in [0.15, 0.2) is 12.7 Å². The predicted molar refractivity (Wildman–Crippen MR) is 61.6 cm³/mol. The van der Waals surface area contributed by atoms with Gasteiger partial charge in [0.25, 0.3) is 0 Å². The van der Waals surface area contributed by atoms with Crippen molar-refractivity contribution in [2.45, 2.75) is 25.5 Å². The average molecular weight is 233 g/mol. The molecule has 0 heterocycles. The van der Waals surface area contributed by atoms with Crippen LogP contribution >= 0.6 is 0 Å². The van der Waals surface area contributed by atoms with E-state index < -0.39 is 15.1 Å². The van der Waals surface area contributed by atoms with Crippen molar-refractivity contribution in [1.29, 1.82) is 0 Å². The van der Waals surface area contributed by atoms with E-state index in [1.54, 1.807) is 19.9 Å². The molecule has 0 saturated carbocycles. The second-order valence-corrected chi connectivity index (χ2v) is 6.30. The molecule has 0 amide bonds. The number of nitrogens with one attached hydrogen (secondary N) is 1. The number of sulfone groups is 1. The lowest BCUT2D eigenvalue weighted by molar-refractivity contribution is -0.117. The van der Waals surface area contributed by atoms with Crippen molar-refractivity contribution in [1.82, 2.24) is 5.32 Å². The minimum atomic E-state index is -3.09. The molecule has 0 aliphatic rings. The average Bonchev–Trinajstić information content (AvgIpc) is 2.15. The van der Waals surface area contributed by atoms with Crippen molar-refractivity contribution in [2.24, 2.45) is 0 Å². The number of carbonyl (C=O) groups is 1. The third-order valence-corrected chi connectivity index (χ3v) is 4.20. The molecule has 0 aromatic carbocycles. The first-order chi connectivity index (χ1) is 6.90. The van der Waals surface area contributed by atoms with Gasteiger partial charge in [-0.2, -0.15) is 0 Å². The van der Waals surface area contributed by atoms with Crippen LogP contribution in [-0.4, -0.2) is 38.3 Å². The maximum atomic E-state index is 11.4. The third kappa shape index (κ3) is 6.41. The Kier molecular flexibility index (Phi) is 6.43. The zero-order valence-electron chi connectivity index (χ0n) is 9.32. The fourth-order valence-corrected chi connectivity index (χ4v) is 1.88. The Morgan fingerprint density at radius 3 is 2.53 bits per heavy atom. The lowest BCUT2D eigenvalue weighted by Crippen LogP contribution is -2.26. The summed E-state index contributed by atoms with van der Waals surface area (Å²) < 4.78 is 22.8. The minimum absolute atomic E-state index is 0.0563. The van der Waals surface area contributed by atoms with Gasteiger partial charge in [0.15, 0.2) is 9.84 Å². The van der Waals surface area contributed by atoms with Crippen molar-refractivity contribution >= 4 is 15.6 Å². The fraction of sp³-hybridized carbons (Fsp3) is 0.700. The Hall–Kier alpha value is -0.680. The maximum absolute atomic E-state index is 11.4. The summed E-state index contributed by atoms with van der Waals surface area (Å²) in [7, 11) is -3.09. The molecule has 88 valence electrons. The van der Waals surface area contributed by atoms with E-state index in [-0.39, 0.29) is 24.5 Å². The summed E-state index contributed by atoms with van der Waals surface area (Å²) in [6.07, 6.45) is 1.74. The van der Waals surface area contributed by atoms with Crippen LogP contribution < -0.4 is 5.32 Å². The summed E-state index contributed by atoms with van der Waals surface area (Å²) in [4.78, 5) is 11.2. The van der Waals surface area contributed by atoms with Gasteiger partial charge in [0.1, 0.15) is 5.78 Å². The minimum Gasteiger partial charge on any atom is -0.307 e. The zero-order valence-corrected chi connectivity index (χ0v) is 10.1. The predicted octanol–water partition coefficient (Wildman–Crippen LogP) is 0.544. The number of hydrogen-bond donors (Lipinski definition) is 1. The Morgan fingerprint density at radius 2 is 2.07 bits per heavy atom. The molecule has 5 heteroatoms. The maximum Gasteiger partial charge on any atom is 0.153 e. The highest BCUT2D eigenvalue weighted by molar-refractivity contribution is 7.91. The molecule has 0 saturated heterocycles. The van der Waals surface area contributed by atoms with E-state index in [0.29, 0.717) is 6.54 Å². The summed E-state index contributed by atoms with van der Waals surface area (Å²) >= 11 is 0. The van der Waals surface area contributed by atoms with Crippen molar-refractivity contribution in [3.8, 4) is 0 Å². The second-order valence-electron chi connectivity index (χ2n) is 3.62. The first-order valence-corrected chi connectivity index (χ1v) is 6.66. The molecule has 15 heavy (non-hydrogen) atoms. The molecule has 0 fully saturated rings. The molecule has 4 nitrogen and oxygen atoms in total. The second kappa shape index (κ2) is 6.74. The summed E-state index contributed by atoms with van der Waals surface area (Å²) in [6, 6.07) is 0. The lowest BCUT2D eigenvalue weighted by atomic mass is 10.3. The molecule has 0 atom stereocenters. The molecule has 0 aromatic rings. The molecule has 0 radical (unpaired) electrons. The van der Waals surface area contributed by atoms with E-state index in [1.165, 1.54) is 0 Å². The van der Waals surface area contributed by atoms with Crippen LogP contribution in [-0.2, 0) is 14.6 Å². The third-order valence-electron chi connectivity index (χ3n) is 1.99. The quantitative estimate of drug-likeness (QED) is 0.491.